The summed E-state index contributed by atoms with van der Waals surface area (Å²) in [4.78, 5) is 7.27. The molecule has 0 spiro atoms. The maximum Gasteiger partial charge on any atom is 0.194 e. The topological polar surface area (TPSA) is 54.7 Å². The van der Waals surface area contributed by atoms with Crippen molar-refractivity contribution in [2.24, 2.45) is 23.4 Å². The number of nitrogens with zero attached hydrogens (tertiary/aromatic N) is 4. The van der Waals surface area contributed by atoms with E-state index in [9.17, 15) is 0 Å². The van der Waals surface area contributed by atoms with Gasteiger partial charge in [0.1, 0.15) is 6.10 Å². The van der Waals surface area contributed by atoms with Crippen LogP contribution in [0.1, 0.15) is 52.7 Å². The van der Waals surface area contributed by atoms with E-state index in [-0.39, 0.29) is 35.5 Å². The molecule has 7 heteroatoms. The molecule has 150 valence electrons. The maximum absolute atomic E-state index is 5.96. The van der Waals surface area contributed by atoms with Gasteiger partial charge in [0.15, 0.2) is 5.96 Å². The average Bonchev–Trinajstić information content (AvgIpc) is 2.97. The fourth-order valence-electron chi connectivity index (χ4n) is 3.53. The first-order valence-corrected chi connectivity index (χ1v) is 9.44. The number of ether oxygens (including phenoxy) is 1. The lowest BCUT2D eigenvalue weighted by molar-refractivity contribution is -0.00810. The van der Waals surface area contributed by atoms with Crippen molar-refractivity contribution in [3.05, 3.63) is 18.0 Å². The van der Waals surface area contributed by atoms with Crippen molar-refractivity contribution in [1.82, 2.24) is 20.0 Å². The first-order valence-electron chi connectivity index (χ1n) is 9.44. The number of hydrogen-bond acceptors (Lipinski definition) is 3. The Labute approximate surface area is 175 Å². The van der Waals surface area contributed by atoms with E-state index in [1.54, 1.807) is 0 Å². The van der Waals surface area contributed by atoms with Crippen molar-refractivity contribution in [3.63, 3.8) is 0 Å². The number of guanidine groups is 1. The van der Waals surface area contributed by atoms with Gasteiger partial charge in [-0.05, 0) is 24.7 Å². The molecule has 0 aliphatic carbocycles. The summed E-state index contributed by atoms with van der Waals surface area (Å²) in [6, 6.07) is 0. The van der Waals surface area contributed by atoms with Crippen LogP contribution in [0.2, 0.25) is 0 Å². The van der Waals surface area contributed by atoms with Gasteiger partial charge in [0.2, 0.25) is 0 Å². The van der Waals surface area contributed by atoms with Gasteiger partial charge in [0.25, 0.3) is 0 Å². The van der Waals surface area contributed by atoms with E-state index in [2.05, 4.69) is 49.9 Å². The molecule has 1 atom stereocenters. The van der Waals surface area contributed by atoms with Crippen molar-refractivity contribution in [1.29, 1.82) is 0 Å². The zero-order valence-electron chi connectivity index (χ0n) is 17.2. The molecule has 1 aliphatic rings. The van der Waals surface area contributed by atoms with E-state index in [1.807, 2.05) is 24.1 Å². The number of rotatable bonds is 6. The van der Waals surface area contributed by atoms with E-state index >= 15 is 0 Å². The third-order valence-electron chi connectivity index (χ3n) is 4.42. The van der Waals surface area contributed by atoms with Gasteiger partial charge in [-0.15, -0.1) is 24.0 Å². The lowest BCUT2D eigenvalue weighted by Crippen LogP contribution is -2.48. The Morgan fingerprint density at radius 1 is 1.46 bits per heavy atom. The molecule has 2 rings (SSSR count). The maximum atomic E-state index is 5.96. The fraction of sp³-hybridized carbons (Fsp3) is 0.789. The van der Waals surface area contributed by atoms with Crippen LogP contribution in [0.5, 0.6) is 0 Å². The summed E-state index contributed by atoms with van der Waals surface area (Å²) < 4.78 is 7.78. The highest BCUT2D eigenvalue weighted by Gasteiger charge is 2.26. The Balaban J connectivity index is 0.00000338. The van der Waals surface area contributed by atoms with Crippen LogP contribution < -0.4 is 5.32 Å². The van der Waals surface area contributed by atoms with E-state index in [1.165, 1.54) is 6.42 Å². The second kappa shape index (κ2) is 10.5. The van der Waals surface area contributed by atoms with Gasteiger partial charge < -0.3 is 15.0 Å². The van der Waals surface area contributed by atoms with Gasteiger partial charge in [-0.2, -0.15) is 5.10 Å². The second-order valence-electron chi connectivity index (χ2n) is 8.19. The highest BCUT2D eigenvalue weighted by molar-refractivity contribution is 14.0. The molecule has 1 saturated heterocycles. The van der Waals surface area contributed by atoms with E-state index in [4.69, 9.17) is 9.73 Å². The molecule has 1 aliphatic heterocycles. The molecule has 2 heterocycles. The predicted molar refractivity (Wildman–Crippen MR) is 118 cm³/mol. The standard InChI is InChI=1S/C19H35N5O.HI/c1-7-20-18(21-14-19(4,5)10-15(2)3)24-8-9-25-17(13-24)16-11-22-23(6)12-16;/h11-12,15,17H,7-10,13-14H2,1-6H3,(H,20,21);1H. The van der Waals surface area contributed by atoms with Crippen molar-refractivity contribution in [2.75, 3.05) is 32.8 Å². The second-order valence-corrected chi connectivity index (χ2v) is 8.19. The largest absolute Gasteiger partial charge is 0.370 e. The van der Waals surface area contributed by atoms with Crippen molar-refractivity contribution >= 4 is 29.9 Å². The molecule has 0 amide bonds. The highest BCUT2D eigenvalue weighted by Crippen LogP contribution is 2.26. The lowest BCUT2D eigenvalue weighted by atomic mass is 9.84. The zero-order chi connectivity index (χ0) is 18.4. The summed E-state index contributed by atoms with van der Waals surface area (Å²) >= 11 is 0. The normalized spacial score (nSPS) is 18.8. The van der Waals surface area contributed by atoms with Gasteiger partial charge in [-0.3, -0.25) is 9.67 Å². The summed E-state index contributed by atoms with van der Waals surface area (Å²) in [7, 11) is 1.94. The summed E-state index contributed by atoms with van der Waals surface area (Å²) in [6.07, 6.45) is 5.15. The molecule has 1 N–H and O–H groups in total. The third-order valence-corrected chi connectivity index (χ3v) is 4.42. The van der Waals surface area contributed by atoms with Crippen LogP contribution >= 0.6 is 24.0 Å². The number of halogens is 1. The number of morpholine rings is 1. The summed E-state index contributed by atoms with van der Waals surface area (Å²) in [6.45, 7) is 15.4. The van der Waals surface area contributed by atoms with Gasteiger partial charge >= 0.3 is 0 Å². The van der Waals surface area contributed by atoms with Gasteiger partial charge in [-0.25, -0.2) is 0 Å². The van der Waals surface area contributed by atoms with Crippen molar-refractivity contribution in [2.45, 2.75) is 47.1 Å². The van der Waals surface area contributed by atoms with E-state index in [0.29, 0.717) is 12.5 Å². The molecule has 1 unspecified atom stereocenters. The first kappa shape index (κ1) is 23.2. The van der Waals surface area contributed by atoms with Gasteiger partial charge in [-0.1, -0.05) is 27.7 Å². The number of aliphatic imine (C=N–C) groups is 1. The van der Waals surface area contributed by atoms with Crippen LogP contribution in [0, 0.1) is 11.3 Å². The predicted octanol–water partition coefficient (Wildman–Crippen LogP) is 3.45. The molecular weight excluding hydrogens is 441 g/mol. The molecule has 0 bridgehead atoms. The molecule has 26 heavy (non-hydrogen) atoms. The number of aromatic nitrogens is 2. The van der Waals surface area contributed by atoms with Crippen LogP contribution in [0.25, 0.3) is 0 Å². The Morgan fingerprint density at radius 2 is 2.19 bits per heavy atom. The van der Waals surface area contributed by atoms with Gasteiger partial charge in [0, 0.05) is 38.4 Å². The van der Waals surface area contributed by atoms with E-state index in [0.717, 1.165) is 37.7 Å². The first-order chi connectivity index (χ1) is 11.8. The Kier molecular flexibility index (Phi) is 9.36. The van der Waals surface area contributed by atoms with Gasteiger partial charge in [0.05, 0.1) is 19.3 Å². The van der Waals surface area contributed by atoms with Crippen LogP contribution in [-0.4, -0.2) is 53.4 Å². The van der Waals surface area contributed by atoms with Crippen LogP contribution in [0.15, 0.2) is 17.4 Å². The molecule has 0 saturated carbocycles. The fourth-order valence-corrected chi connectivity index (χ4v) is 3.53. The zero-order valence-corrected chi connectivity index (χ0v) is 19.5. The Bertz CT molecular complexity index is 570. The van der Waals surface area contributed by atoms with E-state index < -0.39 is 0 Å². The highest BCUT2D eigenvalue weighted by atomic mass is 127. The third kappa shape index (κ3) is 7.06. The minimum atomic E-state index is 0. The monoisotopic (exact) mass is 477 g/mol. The molecule has 0 aromatic carbocycles. The Morgan fingerprint density at radius 3 is 2.77 bits per heavy atom. The molecular formula is C19H36IN5O. The lowest BCUT2D eigenvalue weighted by Gasteiger charge is -2.35. The molecule has 1 aromatic rings. The summed E-state index contributed by atoms with van der Waals surface area (Å²) in [5.41, 5.74) is 1.34. The van der Waals surface area contributed by atoms with Crippen LogP contribution in [0.3, 0.4) is 0 Å². The average molecular weight is 477 g/mol. The number of aryl methyl sites for hydroxylation is 1. The van der Waals surface area contributed by atoms with Crippen molar-refractivity contribution in [3.8, 4) is 0 Å². The molecule has 1 fully saturated rings. The minimum absolute atomic E-state index is 0. The minimum Gasteiger partial charge on any atom is -0.370 e. The summed E-state index contributed by atoms with van der Waals surface area (Å²) in [5, 5.41) is 7.72. The smallest absolute Gasteiger partial charge is 0.194 e. The number of hydrogen-bond donors (Lipinski definition) is 1. The SMILES string of the molecule is CCNC(=NCC(C)(C)CC(C)C)N1CCOC(c2cnn(C)c2)C1.I. The van der Waals surface area contributed by atoms with Crippen LogP contribution in [-0.2, 0) is 11.8 Å². The molecule has 6 nitrogen and oxygen atoms in total. The molecule has 1 aromatic heterocycles. The molecule has 0 radical (unpaired) electrons. The van der Waals surface area contributed by atoms with Crippen molar-refractivity contribution < 1.29 is 4.74 Å². The van der Waals surface area contributed by atoms with Crippen LogP contribution in [0.4, 0.5) is 0 Å². The Hall–Kier alpha value is -0.830. The quantitative estimate of drug-likeness (QED) is 0.388. The summed E-state index contributed by atoms with van der Waals surface area (Å²) in [5.74, 6) is 1.68. The number of nitrogens with one attached hydrogen (secondary N) is 1.